The minimum Gasteiger partial charge on any atom is -0.361 e. The van der Waals surface area contributed by atoms with E-state index in [1.807, 2.05) is 67.8 Å². The van der Waals surface area contributed by atoms with Gasteiger partial charge in [0.25, 0.3) is 5.91 Å². The predicted octanol–water partition coefficient (Wildman–Crippen LogP) is 3.12. The third-order valence-corrected chi connectivity index (χ3v) is 5.19. The number of likely N-dealkylation sites (tertiary alicyclic amines) is 1. The lowest BCUT2D eigenvalue weighted by Gasteiger charge is -2.25. The number of para-hydroxylation sites is 1. The van der Waals surface area contributed by atoms with Crippen LogP contribution in [-0.4, -0.2) is 35.3 Å². The highest BCUT2D eigenvalue weighted by molar-refractivity contribution is 6.05. The fourth-order valence-corrected chi connectivity index (χ4v) is 3.87. The Balaban J connectivity index is 1.52. The molecule has 26 heavy (non-hydrogen) atoms. The van der Waals surface area contributed by atoms with Crippen molar-refractivity contribution >= 4 is 22.7 Å². The van der Waals surface area contributed by atoms with Crippen LogP contribution in [0, 0.1) is 5.92 Å². The van der Waals surface area contributed by atoms with Crippen molar-refractivity contribution in [1.29, 1.82) is 0 Å². The molecule has 0 radical (unpaired) electrons. The molecule has 2 amide bonds. The second kappa shape index (κ2) is 6.67. The van der Waals surface area contributed by atoms with E-state index < -0.39 is 0 Å². The number of hydrogen-bond acceptors (Lipinski definition) is 2. The van der Waals surface area contributed by atoms with Crippen LogP contribution in [0.3, 0.4) is 0 Å². The smallest absolute Gasteiger partial charge is 0.253 e. The Hall–Kier alpha value is -3.08. The Labute approximate surface area is 152 Å². The average Bonchev–Trinajstić information content (AvgIpc) is 3.25. The first kappa shape index (κ1) is 16.4. The fraction of sp³-hybridized carbons (Fsp3) is 0.238. The summed E-state index contributed by atoms with van der Waals surface area (Å²) in [6.45, 7) is 0.464. The van der Waals surface area contributed by atoms with Crippen molar-refractivity contribution in [3.05, 3.63) is 71.9 Å². The number of aromatic amines is 1. The van der Waals surface area contributed by atoms with Gasteiger partial charge in [-0.25, -0.2) is 0 Å². The van der Waals surface area contributed by atoms with E-state index in [4.69, 9.17) is 0 Å². The highest BCUT2D eigenvalue weighted by atomic mass is 16.2. The topological polar surface area (TPSA) is 65.2 Å². The van der Waals surface area contributed by atoms with Gasteiger partial charge < -0.3 is 15.2 Å². The van der Waals surface area contributed by atoms with E-state index in [2.05, 4.69) is 10.3 Å². The molecular weight excluding hydrogens is 326 g/mol. The van der Waals surface area contributed by atoms with Crippen LogP contribution in [0.5, 0.6) is 0 Å². The van der Waals surface area contributed by atoms with Crippen molar-refractivity contribution in [3.8, 4) is 0 Å². The number of benzene rings is 2. The van der Waals surface area contributed by atoms with Crippen molar-refractivity contribution in [2.45, 2.75) is 12.5 Å². The third kappa shape index (κ3) is 2.86. The van der Waals surface area contributed by atoms with Crippen LogP contribution in [0.1, 0.15) is 28.4 Å². The minimum atomic E-state index is -0.119. The van der Waals surface area contributed by atoms with Gasteiger partial charge in [-0.15, -0.1) is 0 Å². The Morgan fingerprint density at radius 1 is 1.15 bits per heavy atom. The summed E-state index contributed by atoms with van der Waals surface area (Å²) in [6.07, 6.45) is 2.28. The van der Waals surface area contributed by atoms with E-state index in [9.17, 15) is 9.59 Å². The van der Waals surface area contributed by atoms with Gasteiger partial charge in [0.1, 0.15) is 0 Å². The van der Waals surface area contributed by atoms with E-state index in [0.717, 1.165) is 16.5 Å². The number of carbonyl (C=O) groups is 2. The SMILES string of the molecule is CN1C(=O)CC(CNC(=O)c2cccc3cc[nH]c23)C1c1ccccc1. The molecule has 1 saturated heterocycles. The molecule has 0 spiro atoms. The van der Waals surface area contributed by atoms with Crippen LogP contribution in [0.15, 0.2) is 60.8 Å². The van der Waals surface area contributed by atoms with Crippen molar-refractivity contribution in [3.63, 3.8) is 0 Å². The number of carbonyl (C=O) groups excluding carboxylic acids is 2. The number of aromatic nitrogens is 1. The molecule has 1 aromatic heterocycles. The lowest BCUT2D eigenvalue weighted by Crippen LogP contribution is -2.32. The van der Waals surface area contributed by atoms with Crippen molar-refractivity contribution < 1.29 is 9.59 Å². The molecule has 5 heteroatoms. The number of hydrogen-bond donors (Lipinski definition) is 2. The van der Waals surface area contributed by atoms with Crippen LogP contribution in [0.2, 0.25) is 0 Å². The zero-order chi connectivity index (χ0) is 18.1. The number of fused-ring (bicyclic) bond motifs is 1. The van der Waals surface area contributed by atoms with Crippen molar-refractivity contribution in [2.75, 3.05) is 13.6 Å². The van der Waals surface area contributed by atoms with Crippen LogP contribution < -0.4 is 5.32 Å². The van der Waals surface area contributed by atoms with Crippen LogP contribution >= 0.6 is 0 Å². The van der Waals surface area contributed by atoms with Gasteiger partial charge in [-0.1, -0.05) is 42.5 Å². The third-order valence-electron chi connectivity index (χ3n) is 5.19. The van der Waals surface area contributed by atoms with E-state index >= 15 is 0 Å². The monoisotopic (exact) mass is 347 g/mol. The summed E-state index contributed by atoms with van der Waals surface area (Å²) < 4.78 is 0. The van der Waals surface area contributed by atoms with E-state index in [1.165, 1.54) is 0 Å². The molecule has 2 heterocycles. The molecule has 132 valence electrons. The lowest BCUT2D eigenvalue weighted by atomic mass is 9.93. The van der Waals surface area contributed by atoms with Crippen LogP contribution in [-0.2, 0) is 4.79 Å². The van der Waals surface area contributed by atoms with Crippen molar-refractivity contribution in [2.24, 2.45) is 5.92 Å². The molecule has 2 aromatic carbocycles. The van der Waals surface area contributed by atoms with E-state index in [-0.39, 0.29) is 23.8 Å². The van der Waals surface area contributed by atoms with E-state index in [1.54, 1.807) is 4.90 Å². The van der Waals surface area contributed by atoms with Gasteiger partial charge in [-0.2, -0.15) is 0 Å². The number of nitrogens with one attached hydrogen (secondary N) is 2. The maximum Gasteiger partial charge on any atom is 0.253 e. The Kier molecular flexibility index (Phi) is 4.21. The second-order valence-electron chi connectivity index (χ2n) is 6.78. The maximum absolute atomic E-state index is 12.7. The standard InChI is InChI=1S/C21H21N3O2/c1-24-18(25)12-16(20(24)15-6-3-2-4-7-15)13-23-21(26)17-9-5-8-14-10-11-22-19(14)17/h2-11,16,20,22H,12-13H2,1H3,(H,23,26). The fourth-order valence-electron chi connectivity index (χ4n) is 3.87. The number of rotatable bonds is 4. The normalized spacial score (nSPS) is 19.9. The first-order valence-electron chi connectivity index (χ1n) is 8.80. The first-order chi connectivity index (χ1) is 12.6. The lowest BCUT2D eigenvalue weighted by molar-refractivity contribution is -0.127. The van der Waals surface area contributed by atoms with Crippen molar-refractivity contribution in [1.82, 2.24) is 15.2 Å². The molecule has 2 atom stereocenters. The molecule has 0 aliphatic carbocycles. The van der Waals surface area contributed by atoms with Gasteiger partial charge in [-0.05, 0) is 17.7 Å². The maximum atomic E-state index is 12.7. The molecular formula is C21H21N3O2. The molecule has 1 fully saturated rings. The van der Waals surface area contributed by atoms with Gasteiger partial charge in [0, 0.05) is 37.5 Å². The summed E-state index contributed by atoms with van der Waals surface area (Å²) in [4.78, 5) is 29.8. The molecule has 2 N–H and O–H groups in total. The molecule has 4 rings (SSSR count). The van der Waals surface area contributed by atoms with Gasteiger partial charge in [0.05, 0.1) is 17.1 Å². The summed E-state index contributed by atoms with van der Waals surface area (Å²) in [7, 11) is 1.83. The second-order valence-corrected chi connectivity index (χ2v) is 6.78. The molecule has 3 aromatic rings. The Morgan fingerprint density at radius 2 is 1.96 bits per heavy atom. The van der Waals surface area contributed by atoms with E-state index in [0.29, 0.717) is 18.5 Å². The van der Waals surface area contributed by atoms with Gasteiger partial charge in [-0.3, -0.25) is 9.59 Å². The summed E-state index contributed by atoms with van der Waals surface area (Å²) in [5.41, 5.74) is 2.57. The first-order valence-corrected chi connectivity index (χ1v) is 8.80. The number of nitrogens with zero attached hydrogens (tertiary/aromatic N) is 1. The Bertz CT molecular complexity index is 948. The summed E-state index contributed by atoms with van der Waals surface area (Å²) in [6, 6.07) is 17.6. The molecule has 0 saturated carbocycles. The highest BCUT2D eigenvalue weighted by Crippen LogP contribution is 2.36. The number of amides is 2. The molecule has 1 aliphatic heterocycles. The van der Waals surface area contributed by atoms with Crippen LogP contribution in [0.4, 0.5) is 0 Å². The summed E-state index contributed by atoms with van der Waals surface area (Å²) in [5, 5.41) is 4.04. The zero-order valence-electron chi connectivity index (χ0n) is 14.6. The molecule has 2 unspecified atom stereocenters. The van der Waals surface area contributed by atoms with Gasteiger partial charge in [0.15, 0.2) is 0 Å². The number of H-pyrrole nitrogens is 1. The molecule has 5 nitrogen and oxygen atoms in total. The quantitative estimate of drug-likeness (QED) is 0.762. The van der Waals surface area contributed by atoms with Crippen LogP contribution in [0.25, 0.3) is 10.9 Å². The molecule has 0 bridgehead atoms. The Morgan fingerprint density at radius 3 is 2.77 bits per heavy atom. The average molecular weight is 347 g/mol. The highest BCUT2D eigenvalue weighted by Gasteiger charge is 2.38. The van der Waals surface area contributed by atoms with Gasteiger partial charge >= 0.3 is 0 Å². The summed E-state index contributed by atoms with van der Waals surface area (Å²) in [5.74, 6) is 0.0538. The minimum absolute atomic E-state index is 0.00900. The zero-order valence-corrected chi connectivity index (χ0v) is 14.6. The summed E-state index contributed by atoms with van der Waals surface area (Å²) >= 11 is 0. The molecule has 1 aliphatic rings. The predicted molar refractivity (Wildman–Crippen MR) is 101 cm³/mol. The van der Waals surface area contributed by atoms with Gasteiger partial charge in [0.2, 0.25) is 5.91 Å². The largest absolute Gasteiger partial charge is 0.361 e.